The van der Waals surface area contributed by atoms with Crippen molar-refractivity contribution in [3.05, 3.63) is 23.4 Å². The van der Waals surface area contributed by atoms with Crippen molar-refractivity contribution in [3.8, 4) is 0 Å². The predicted molar refractivity (Wildman–Crippen MR) is 58.6 cm³/mol. The first kappa shape index (κ1) is 9.46. The van der Waals surface area contributed by atoms with Crippen LogP contribution in [0.1, 0.15) is 18.2 Å². The van der Waals surface area contributed by atoms with Gasteiger partial charge in [0.1, 0.15) is 5.82 Å². The van der Waals surface area contributed by atoms with Gasteiger partial charge in [0, 0.05) is 38.8 Å². The SMILES string of the molecule is CCN(C)c1ccc2c(n1)CCNC2. The van der Waals surface area contributed by atoms with Crippen molar-refractivity contribution < 1.29 is 0 Å². The van der Waals surface area contributed by atoms with Gasteiger partial charge in [-0.15, -0.1) is 0 Å². The summed E-state index contributed by atoms with van der Waals surface area (Å²) in [5.74, 6) is 1.09. The van der Waals surface area contributed by atoms with Crippen LogP contribution in [0, 0.1) is 0 Å². The lowest BCUT2D eigenvalue weighted by Gasteiger charge is -2.20. The van der Waals surface area contributed by atoms with Crippen molar-refractivity contribution in [2.45, 2.75) is 19.9 Å². The maximum absolute atomic E-state index is 4.67. The van der Waals surface area contributed by atoms with Gasteiger partial charge < -0.3 is 10.2 Å². The molecule has 0 bridgehead atoms. The molecular weight excluding hydrogens is 174 g/mol. The highest BCUT2D eigenvalue weighted by atomic mass is 15.2. The zero-order valence-corrected chi connectivity index (χ0v) is 8.88. The van der Waals surface area contributed by atoms with Crippen LogP contribution in [-0.2, 0) is 13.0 Å². The monoisotopic (exact) mass is 191 g/mol. The van der Waals surface area contributed by atoms with Crippen molar-refractivity contribution in [3.63, 3.8) is 0 Å². The molecule has 0 radical (unpaired) electrons. The molecule has 3 nitrogen and oxygen atoms in total. The number of anilines is 1. The fourth-order valence-electron chi connectivity index (χ4n) is 1.70. The number of fused-ring (bicyclic) bond motifs is 1. The summed E-state index contributed by atoms with van der Waals surface area (Å²) in [6.07, 6.45) is 1.06. The van der Waals surface area contributed by atoms with E-state index in [-0.39, 0.29) is 0 Å². The van der Waals surface area contributed by atoms with Crippen molar-refractivity contribution in [1.82, 2.24) is 10.3 Å². The summed E-state index contributed by atoms with van der Waals surface area (Å²) in [7, 11) is 2.08. The second-order valence-corrected chi connectivity index (χ2v) is 3.72. The van der Waals surface area contributed by atoms with Crippen LogP contribution in [-0.4, -0.2) is 25.1 Å². The summed E-state index contributed by atoms with van der Waals surface area (Å²) in [5.41, 5.74) is 2.62. The van der Waals surface area contributed by atoms with E-state index < -0.39 is 0 Å². The average molecular weight is 191 g/mol. The molecule has 0 saturated carbocycles. The number of hydrogen-bond acceptors (Lipinski definition) is 3. The lowest BCUT2D eigenvalue weighted by Crippen LogP contribution is -2.26. The molecule has 1 N–H and O–H groups in total. The molecule has 3 heteroatoms. The summed E-state index contributed by atoms with van der Waals surface area (Å²) >= 11 is 0. The maximum atomic E-state index is 4.67. The number of nitrogens with one attached hydrogen (secondary N) is 1. The van der Waals surface area contributed by atoms with E-state index >= 15 is 0 Å². The van der Waals surface area contributed by atoms with Crippen LogP contribution >= 0.6 is 0 Å². The Morgan fingerprint density at radius 1 is 1.50 bits per heavy atom. The molecule has 0 aromatic carbocycles. The third-order valence-corrected chi connectivity index (χ3v) is 2.77. The summed E-state index contributed by atoms with van der Waals surface area (Å²) in [4.78, 5) is 6.84. The van der Waals surface area contributed by atoms with E-state index in [0.29, 0.717) is 0 Å². The first-order valence-electron chi connectivity index (χ1n) is 5.22. The smallest absolute Gasteiger partial charge is 0.128 e. The van der Waals surface area contributed by atoms with Crippen LogP contribution in [0.2, 0.25) is 0 Å². The molecule has 0 amide bonds. The van der Waals surface area contributed by atoms with Gasteiger partial charge in [-0.2, -0.15) is 0 Å². The van der Waals surface area contributed by atoms with Gasteiger partial charge in [0.05, 0.1) is 0 Å². The quantitative estimate of drug-likeness (QED) is 0.761. The molecule has 0 aliphatic carbocycles. The first-order valence-corrected chi connectivity index (χ1v) is 5.22. The number of rotatable bonds is 2. The van der Waals surface area contributed by atoms with E-state index in [9.17, 15) is 0 Å². The molecule has 0 unspecified atom stereocenters. The largest absolute Gasteiger partial charge is 0.360 e. The zero-order valence-electron chi connectivity index (χ0n) is 8.88. The van der Waals surface area contributed by atoms with Gasteiger partial charge in [0.2, 0.25) is 0 Å². The summed E-state index contributed by atoms with van der Waals surface area (Å²) in [6, 6.07) is 4.30. The Labute approximate surface area is 85.1 Å². The molecule has 0 atom stereocenters. The van der Waals surface area contributed by atoms with E-state index in [4.69, 9.17) is 0 Å². The molecule has 14 heavy (non-hydrogen) atoms. The van der Waals surface area contributed by atoms with Crippen LogP contribution in [0.4, 0.5) is 5.82 Å². The minimum Gasteiger partial charge on any atom is -0.360 e. The molecule has 0 saturated heterocycles. The third kappa shape index (κ3) is 1.73. The molecule has 1 aromatic rings. The number of pyridine rings is 1. The van der Waals surface area contributed by atoms with Gasteiger partial charge >= 0.3 is 0 Å². The molecule has 1 aliphatic heterocycles. The van der Waals surface area contributed by atoms with Crippen LogP contribution in [0.5, 0.6) is 0 Å². The molecule has 76 valence electrons. The van der Waals surface area contributed by atoms with Gasteiger partial charge in [-0.1, -0.05) is 6.07 Å². The van der Waals surface area contributed by atoms with Gasteiger partial charge in [0.15, 0.2) is 0 Å². The topological polar surface area (TPSA) is 28.2 Å². The second kappa shape index (κ2) is 3.96. The first-order chi connectivity index (χ1) is 6.81. The molecule has 1 aromatic heterocycles. The van der Waals surface area contributed by atoms with Gasteiger partial charge in [0.25, 0.3) is 0 Å². The minimum atomic E-state index is 0.971. The Bertz CT molecular complexity index is 322. The van der Waals surface area contributed by atoms with Crippen LogP contribution in [0.3, 0.4) is 0 Å². The maximum Gasteiger partial charge on any atom is 0.128 e. The Hall–Kier alpha value is -1.09. The van der Waals surface area contributed by atoms with Crippen LogP contribution in [0.25, 0.3) is 0 Å². The van der Waals surface area contributed by atoms with Crippen molar-refractivity contribution in [1.29, 1.82) is 0 Å². The van der Waals surface area contributed by atoms with Gasteiger partial charge in [-0.3, -0.25) is 0 Å². The minimum absolute atomic E-state index is 0.971. The summed E-state index contributed by atoms with van der Waals surface area (Å²) < 4.78 is 0. The Balaban J connectivity index is 2.29. The van der Waals surface area contributed by atoms with E-state index in [1.807, 2.05) is 0 Å². The fourth-order valence-corrected chi connectivity index (χ4v) is 1.70. The number of hydrogen-bond donors (Lipinski definition) is 1. The predicted octanol–water partition coefficient (Wildman–Crippen LogP) is 1.18. The zero-order chi connectivity index (χ0) is 9.97. The van der Waals surface area contributed by atoms with Crippen molar-refractivity contribution in [2.75, 3.05) is 25.0 Å². The molecule has 0 fully saturated rings. The lowest BCUT2D eigenvalue weighted by molar-refractivity contribution is 0.629. The summed E-state index contributed by atoms with van der Waals surface area (Å²) in [6.45, 7) is 5.17. The Kier molecular flexibility index (Phi) is 2.68. The Morgan fingerprint density at radius 3 is 3.14 bits per heavy atom. The van der Waals surface area contributed by atoms with Crippen molar-refractivity contribution in [2.24, 2.45) is 0 Å². The highest BCUT2D eigenvalue weighted by Gasteiger charge is 2.11. The fraction of sp³-hybridized carbons (Fsp3) is 0.545. The van der Waals surface area contributed by atoms with Crippen molar-refractivity contribution >= 4 is 5.82 Å². The molecule has 0 spiro atoms. The Morgan fingerprint density at radius 2 is 2.36 bits per heavy atom. The van der Waals surface area contributed by atoms with Gasteiger partial charge in [-0.25, -0.2) is 4.98 Å². The molecule has 2 heterocycles. The van der Waals surface area contributed by atoms with Gasteiger partial charge in [-0.05, 0) is 18.6 Å². The number of aromatic nitrogens is 1. The molecule has 1 aliphatic rings. The molecular formula is C11H17N3. The van der Waals surface area contributed by atoms with E-state index in [0.717, 1.165) is 31.9 Å². The number of nitrogens with zero attached hydrogens (tertiary/aromatic N) is 2. The normalized spacial score (nSPS) is 15.0. The van der Waals surface area contributed by atoms with E-state index in [2.05, 4.69) is 41.3 Å². The average Bonchev–Trinajstić information content (AvgIpc) is 2.27. The van der Waals surface area contributed by atoms with Crippen LogP contribution < -0.4 is 10.2 Å². The molecule has 2 rings (SSSR count). The van der Waals surface area contributed by atoms with E-state index in [1.54, 1.807) is 0 Å². The highest BCUT2D eigenvalue weighted by Crippen LogP contribution is 2.16. The van der Waals surface area contributed by atoms with Crippen LogP contribution in [0.15, 0.2) is 12.1 Å². The highest BCUT2D eigenvalue weighted by molar-refractivity contribution is 5.41. The third-order valence-electron chi connectivity index (χ3n) is 2.77. The van der Waals surface area contributed by atoms with E-state index in [1.165, 1.54) is 11.3 Å². The standard InChI is InChI=1S/C11H17N3/c1-3-14(2)11-5-4-9-8-12-7-6-10(9)13-11/h4-5,12H,3,6-8H2,1-2H3. The summed E-state index contributed by atoms with van der Waals surface area (Å²) in [5, 5.41) is 3.35. The lowest BCUT2D eigenvalue weighted by atomic mass is 10.1. The second-order valence-electron chi connectivity index (χ2n) is 3.72.